The quantitative estimate of drug-likeness (QED) is 0.813. The van der Waals surface area contributed by atoms with Crippen LogP contribution >= 0.6 is 0 Å². The molecule has 0 unspecified atom stereocenters. The average Bonchev–Trinajstić information content (AvgIpc) is 2.48. The number of hydrogen-bond donors (Lipinski definition) is 1. The third kappa shape index (κ3) is 2.18. The molecule has 0 atom stereocenters. The maximum atomic E-state index is 13.6. The van der Waals surface area contributed by atoms with Gasteiger partial charge in [0, 0.05) is 5.56 Å². The van der Waals surface area contributed by atoms with E-state index in [-0.39, 0.29) is 12.2 Å². The number of benzene rings is 1. The largest absolute Gasteiger partial charge is 0.494 e. The van der Waals surface area contributed by atoms with E-state index >= 15 is 0 Å². The van der Waals surface area contributed by atoms with Crippen LogP contribution < -0.4 is 5.46 Å². The molecule has 3 nitrogen and oxygen atoms in total. The van der Waals surface area contributed by atoms with Gasteiger partial charge in [0.25, 0.3) is 0 Å². The van der Waals surface area contributed by atoms with Crippen molar-refractivity contribution >= 4 is 12.6 Å². The zero-order chi connectivity index (χ0) is 13.6. The van der Waals surface area contributed by atoms with Gasteiger partial charge in [0.1, 0.15) is 5.82 Å². The molecule has 1 saturated heterocycles. The molecule has 1 aromatic carbocycles. The Morgan fingerprint density at radius 1 is 1.17 bits per heavy atom. The van der Waals surface area contributed by atoms with Gasteiger partial charge in [-0.2, -0.15) is 0 Å². The molecule has 5 heteroatoms. The van der Waals surface area contributed by atoms with Crippen molar-refractivity contribution in [2.24, 2.45) is 0 Å². The first kappa shape index (κ1) is 13.5. The summed E-state index contributed by atoms with van der Waals surface area (Å²) < 4.78 is 25.3. The van der Waals surface area contributed by atoms with Gasteiger partial charge in [-0.15, -0.1) is 0 Å². The molecule has 1 aliphatic heterocycles. The fourth-order valence-corrected chi connectivity index (χ4v) is 1.82. The van der Waals surface area contributed by atoms with Gasteiger partial charge in [0.05, 0.1) is 17.8 Å². The predicted octanol–water partition coefficient (Wildman–Crippen LogP) is 1.62. The molecule has 98 valence electrons. The van der Waals surface area contributed by atoms with Crippen molar-refractivity contribution in [3.63, 3.8) is 0 Å². The van der Waals surface area contributed by atoms with Crippen molar-refractivity contribution in [1.82, 2.24) is 0 Å². The number of hydrogen-bond acceptors (Lipinski definition) is 3. The van der Waals surface area contributed by atoms with Crippen LogP contribution in [0.25, 0.3) is 0 Å². The highest BCUT2D eigenvalue weighted by atomic mass is 19.1. The van der Waals surface area contributed by atoms with Crippen LogP contribution in [0.5, 0.6) is 0 Å². The second kappa shape index (κ2) is 4.33. The normalized spacial score (nSPS) is 21.3. The molecule has 1 aliphatic rings. The number of halogens is 1. The third-order valence-electron chi connectivity index (χ3n) is 3.77. The Labute approximate surface area is 107 Å². The smallest absolute Gasteiger partial charge is 0.399 e. The minimum atomic E-state index is -0.572. The molecular weight excluding hydrogens is 234 g/mol. The molecular formula is C13H18BFO3. The van der Waals surface area contributed by atoms with Crippen LogP contribution in [-0.4, -0.2) is 23.4 Å². The summed E-state index contributed by atoms with van der Waals surface area (Å²) in [7, 11) is -0.572. The zero-order valence-electron chi connectivity index (χ0n) is 11.2. The maximum Gasteiger partial charge on any atom is 0.494 e. The molecule has 0 amide bonds. The lowest BCUT2D eigenvalue weighted by Gasteiger charge is -2.32. The molecule has 0 spiro atoms. The molecule has 1 heterocycles. The maximum absolute atomic E-state index is 13.6. The van der Waals surface area contributed by atoms with E-state index in [4.69, 9.17) is 14.4 Å². The van der Waals surface area contributed by atoms with Gasteiger partial charge >= 0.3 is 7.12 Å². The summed E-state index contributed by atoms with van der Waals surface area (Å²) in [5, 5.41) is 8.94. The Kier molecular flexibility index (Phi) is 3.26. The molecule has 1 fully saturated rings. The number of aliphatic hydroxyl groups excluding tert-OH is 1. The van der Waals surface area contributed by atoms with E-state index in [2.05, 4.69) is 0 Å². The van der Waals surface area contributed by atoms with E-state index in [1.165, 1.54) is 6.07 Å². The van der Waals surface area contributed by atoms with Crippen LogP contribution in [0.2, 0.25) is 0 Å². The van der Waals surface area contributed by atoms with E-state index in [0.29, 0.717) is 5.46 Å². The Balaban J connectivity index is 2.27. The molecule has 0 saturated carbocycles. The number of aliphatic hydroxyl groups is 1. The van der Waals surface area contributed by atoms with Crippen LogP contribution in [0, 0.1) is 5.82 Å². The van der Waals surface area contributed by atoms with Crippen LogP contribution in [0.4, 0.5) is 4.39 Å². The summed E-state index contributed by atoms with van der Waals surface area (Å²) in [6.07, 6.45) is 0. The van der Waals surface area contributed by atoms with E-state index in [0.717, 1.165) is 0 Å². The summed E-state index contributed by atoms with van der Waals surface area (Å²) in [5.41, 5.74) is 0.0201. The van der Waals surface area contributed by atoms with Crippen molar-refractivity contribution in [2.75, 3.05) is 0 Å². The lowest BCUT2D eigenvalue weighted by atomic mass is 9.79. The summed E-state index contributed by atoms with van der Waals surface area (Å²) in [4.78, 5) is 0. The standard InChI is InChI=1S/C13H18BFO3/c1-12(2)13(3,4)18-14(17-12)10-6-5-9(8-16)11(15)7-10/h5-7,16H,8H2,1-4H3. The molecule has 2 rings (SSSR count). The fraction of sp³-hybridized carbons (Fsp3) is 0.538. The van der Waals surface area contributed by atoms with Crippen LogP contribution in [0.15, 0.2) is 18.2 Å². The second-order valence-electron chi connectivity index (χ2n) is 5.60. The minimum Gasteiger partial charge on any atom is -0.399 e. The molecule has 18 heavy (non-hydrogen) atoms. The Hall–Kier alpha value is -0.905. The van der Waals surface area contributed by atoms with Gasteiger partial charge in [-0.3, -0.25) is 0 Å². The summed E-state index contributed by atoms with van der Waals surface area (Å²) in [6.45, 7) is 7.49. The van der Waals surface area contributed by atoms with Crippen molar-refractivity contribution in [3.05, 3.63) is 29.6 Å². The fourth-order valence-electron chi connectivity index (χ4n) is 1.82. The van der Waals surface area contributed by atoms with Gasteiger partial charge in [-0.1, -0.05) is 12.1 Å². The average molecular weight is 252 g/mol. The van der Waals surface area contributed by atoms with E-state index < -0.39 is 24.1 Å². The van der Waals surface area contributed by atoms with Crippen molar-refractivity contribution < 1.29 is 18.8 Å². The highest BCUT2D eigenvalue weighted by Gasteiger charge is 2.51. The zero-order valence-corrected chi connectivity index (χ0v) is 11.2. The van der Waals surface area contributed by atoms with Crippen LogP contribution in [0.1, 0.15) is 33.3 Å². The van der Waals surface area contributed by atoms with Crippen molar-refractivity contribution in [2.45, 2.75) is 45.5 Å². The molecule has 0 aliphatic carbocycles. The predicted molar refractivity (Wildman–Crippen MR) is 68.0 cm³/mol. The van der Waals surface area contributed by atoms with Crippen LogP contribution in [0.3, 0.4) is 0 Å². The summed E-state index contributed by atoms with van der Waals surface area (Å²) in [5.74, 6) is -0.440. The van der Waals surface area contributed by atoms with Gasteiger partial charge in [0.15, 0.2) is 0 Å². The van der Waals surface area contributed by atoms with Gasteiger partial charge in [0.2, 0.25) is 0 Å². The summed E-state index contributed by atoms with van der Waals surface area (Å²) in [6, 6.07) is 4.63. The van der Waals surface area contributed by atoms with Crippen molar-refractivity contribution in [1.29, 1.82) is 0 Å². The van der Waals surface area contributed by atoms with E-state index in [1.807, 2.05) is 27.7 Å². The highest BCUT2D eigenvalue weighted by molar-refractivity contribution is 6.62. The SMILES string of the molecule is CC1(C)OB(c2ccc(CO)c(F)c2)OC1(C)C. The topological polar surface area (TPSA) is 38.7 Å². The van der Waals surface area contributed by atoms with E-state index in [1.54, 1.807) is 12.1 Å². The highest BCUT2D eigenvalue weighted by Crippen LogP contribution is 2.36. The monoisotopic (exact) mass is 252 g/mol. The Bertz CT molecular complexity index is 444. The first-order valence-corrected chi connectivity index (χ1v) is 6.02. The van der Waals surface area contributed by atoms with Crippen LogP contribution in [-0.2, 0) is 15.9 Å². The van der Waals surface area contributed by atoms with E-state index in [9.17, 15) is 4.39 Å². The molecule has 0 radical (unpaired) electrons. The van der Waals surface area contributed by atoms with Gasteiger partial charge in [-0.05, 0) is 39.2 Å². The molecule has 0 bridgehead atoms. The lowest BCUT2D eigenvalue weighted by molar-refractivity contribution is 0.00578. The first-order valence-electron chi connectivity index (χ1n) is 6.02. The number of rotatable bonds is 2. The molecule has 1 aromatic rings. The van der Waals surface area contributed by atoms with Gasteiger partial charge < -0.3 is 14.4 Å². The molecule has 1 N–H and O–H groups in total. The Morgan fingerprint density at radius 3 is 2.17 bits per heavy atom. The lowest BCUT2D eigenvalue weighted by Crippen LogP contribution is -2.41. The van der Waals surface area contributed by atoms with Crippen molar-refractivity contribution in [3.8, 4) is 0 Å². The third-order valence-corrected chi connectivity index (χ3v) is 3.77. The van der Waals surface area contributed by atoms with Gasteiger partial charge in [-0.25, -0.2) is 4.39 Å². The Morgan fingerprint density at radius 2 is 1.72 bits per heavy atom. The first-order chi connectivity index (χ1) is 8.27. The minimum absolute atomic E-state index is 0.273. The summed E-state index contributed by atoms with van der Waals surface area (Å²) >= 11 is 0. The molecule has 0 aromatic heterocycles. The second-order valence-corrected chi connectivity index (χ2v) is 5.60.